The fourth-order valence-electron chi connectivity index (χ4n) is 2.57. The highest BCUT2D eigenvalue weighted by Gasteiger charge is 2.18. The highest BCUT2D eigenvalue weighted by atomic mass is 16.5. The number of benzene rings is 2. The summed E-state index contributed by atoms with van der Waals surface area (Å²) in [6.45, 7) is 6.10. The van der Waals surface area contributed by atoms with Crippen molar-refractivity contribution in [1.82, 2.24) is 4.90 Å². The summed E-state index contributed by atoms with van der Waals surface area (Å²) in [5.74, 6) is 0.790. The zero-order valence-corrected chi connectivity index (χ0v) is 16.2. The number of rotatable bonds is 8. The monoisotopic (exact) mass is 370 g/mol. The molecule has 0 spiro atoms. The number of nitrogens with zero attached hydrogens (tertiary/aromatic N) is 1. The molecule has 0 unspecified atom stereocenters. The molecule has 0 bridgehead atoms. The highest BCUT2D eigenvalue weighted by Crippen LogP contribution is 2.23. The van der Waals surface area contributed by atoms with Gasteiger partial charge in [-0.2, -0.15) is 0 Å². The van der Waals surface area contributed by atoms with Crippen LogP contribution in [0.5, 0.6) is 11.5 Å². The lowest BCUT2D eigenvalue weighted by Gasteiger charge is -2.21. The molecule has 2 rings (SSSR count). The summed E-state index contributed by atoms with van der Waals surface area (Å²) in [7, 11) is 1.54. The van der Waals surface area contributed by atoms with E-state index in [1.54, 1.807) is 43.5 Å². The second-order valence-corrected chi connectivity index (χ2v) is 6.26. The van der Waals surface area contributed by atoms with E-state index < -0.39 is 0 Å². The molecule has 0 aliphatic heterocycles. The Kier molecular flexibility index (Phi) is 7.23. The highest BCUT2D eigenvalue weighted by molar-refractivity contribution is 5.99. The van der Waals surface area contributed by atoms with Gasteiger partial charge in [0.1, 0.15) is 18.0 Å². The van der Waals surface area contributed by atoms with E-state index in [2.05, 4.69) is 5.32 Å². The number of likely N-dealkylation sites (N-methyl/N-ethyl adjacent to an activating group) is 1. The van der Waals surface area contributed by atoms with Crippen LogP contribution in [0.4, 0.5) is 5.69 Å². The number of methoxy groups -OCH3 is 1. The molecule has 144 valence electrons. The van der Waals surface area contributed by atoms with Crippen molar-refractivity contribution < 1.29 is 19.1 Å². The van der Waals surface area contributed by atoms with Crippen molar-refractivity contribution in [2.75, 3.05) is 25.5 Å². The fourth-order valence-corrected chi connectivity index (χ4v) is 2.57. The number of hydrogen-bond acceptors (Lipinski definition) is 4. The minimum Gasteiger partial charge on any atom is -0.495 e. The Morgan fingerprint density at radius 3 is 2.33 bits per heavy atom. The minimum atomic E-state index is -0.283. The molecule has 0 aliphatic rings. The Morgan fingerprint density at radius 1 is 1.07 bits per heavy atom. The first-order chi connectivity index (χ1) is 12.9. The van der Waals surface area contributed by atoms with Gasteiger partial charge in [0.2, 0.25) is 5.91 Å². The third kappa shape index (κ3) is 5.74. The van der Waals surface area contributed by atoms with Gasteiger partial charge in [-0.25, -0.2) is 0 Å². The Morgan fingerprint density at radius 2 is 1.74 bits per heavy atom. The first-order valence-electron chi connectivity index (χ1n) is 8.93. The second kappa shape index (κ2) is 9.62. The maximum absolute atomic E-state index is 12.7. The Labute approximate surface area is 160 Å². The number of ether oxygens (including phenoxy) is 2. The molecule has 27 heavy (non-hydrogen) atoms. The van der Waals surface area contributed by atoms with Crippen LogP contribution in [-0.2, 0) is 4.79 Å². The Balaban J connectivity index is 2.03. The van der Waals surface area contributed by atoms with Gasteiger partial charge in [0, 0.05) is 12.1 Å². The predicted molar refractivity (Wildman–Crippen MR) is 105 cm³/mol. The normalized spacial score (nSPS) is 10.4. The van der Waals surface area contributed by atoms with Crippen LogP contribution in [-0.4, -0.2) is 43.0 Å². The van der Waals surface area contributed by atoms with Crippen LogP contribution < -0.4 is 14.8 Å². The number of nitrogens with one attached hydrogen (secondary N) is 1. The van der Waals surface area contributed by atoms with E-state index in [1.807, 2.05) is 32.9 Å². The van der Waals surface area contributed by atoms with Crippen molar-refractivity contribution in [3.8, 4) is 11.5 Å². The van der Waals surface area contributed by atoms with Crippen molar-refractivity contribution in [3.63, 3.8) is 0 Å². The first-order valence-corrected chi connectivity index (χ1v) is 8.93. The summed E-state index contributed by atoms with van der Waals surface area (Å²) in [5, 5.41) is 2.79. The molecule has 6 nitrogen and oxygen atoms in total. The van der Waals surface area contributed by atoms with Crippen LogP contribution in [0.1, 0.15) is 31.1 Å². The molecule has 2 amide bonds. The van der Waals surface area contributed by atoms with Crippen LogP contribution in [0.2, 0.25) is 0 Å². The third-order valence-corrected chi connectivity index (χ3v) is 3.86. The summed E-state index contributed by atoms with van der Waals surface area (Å²) < 4.78 is 10.8. The first kappa shape index (κ1) is 20.3. The average molecular weight is 370 g/mol. The summed E-state index contributed by atoms with van der Waals surface area (Å²) in [6.07, 6.45) is 0.0670. The number of hydrogen-bond donors (Lipinski definition) is 1. The topological polar surface area (TPSA) is 67.9 Å². The lowest BCUT2D eigenvalue weighted by atomic mass is 10.2. The zero-order valence-electron chi connectivity index (χ0n) is 16.2. The van der Waals surface area contributed by atoms with Gasteiger partial charge in [0.05, 0.1) is 18.9 Å². The fraction of sp³-hybridized carbons (Fsp3) is 0.333. The molecule has 0 saturated heterocycles. The molecule has 6 heteroatoms. The van der Waals surface area contributed by atoms with Crippen molar-refractivity contribution in [2.45, 2.75) is 26.9 Å². The van der Waals surface area contributed by atoms with E-state index in [9.17, 15) is 9.59 Å². The molecular formula is C21H26N2O4. The molecular weight excluding hydrogens is 344 g/mol. The summed E-state index contributed by atoms with van der Waals surface area (Å²) in [6, 6.07) is 14.1. The van der Waals surface area contributed by atoms with Crippen molar-refractivity contribution in [2.24, 2.45) is 0 Å². The van der Waals surface area contributed by atoms with Gasteiger partial charge in [0.25, 0.3) is 5.91 Å². The van der Waals surface area contributed by atoms with Crippen molar-refractivity contribution in [1.29, 1.82) is 0 Å². The lowest BCUT2D eigenvalue weighted by molar-refractivity contribution is -0.116. The number of para-hydroxylation sites is 2. The van der Waals surface area contributed by atoms with E-state index in [-0.39, 0.29) is 24.5 Å². The second-order valence-electron chi connectivity index (χ2n) is 6.26. The maximum atomic E-state index is 12.7. The van der Waals surface area contributed by atoms with Crippen LogP contribution in [0.25, 0.3) is 0 Å². The predicted octanol–water partition coefficient (Wildman–Crippen LogP) is 3.58. The number of carbonyl (C=O) groups is 2. The van der Waals surface area contributed by atoms with Gasteiger partial charge in [-0.1, -0.05) is 12.1 Å². The standard InChI is InChI=1S/C21H26N2O4/c1-5-23(14-20(24)22-18-8-6-7-9-19(18)26-4)21(25)16-10-12-17(13-11-16)27-15(2)3/h6-13,15H,5,14H2,1-4H3,(H,22,24). The smallest absolute Gasteiger partial charge is 0.254 e. The van der Waals surface area contributed by atoms with E-state index >= 15 is 0 Å². The average Bonchev–Trinajstić information content (AvgIpc) is 2.66. The molecule has 0 radical (unpaired) electrons. The van der Waals surface area contributed by atoms with E-state index in [0.29, 0.717) is 29.3 Å². The quantitative estimate of drug-likeness (QED) is 0.771. The summed E-state index contributed by atoms with van der Waals surface area (Å²) >= 11 is 0. The number of anilines is 1. The SMILES string of the molecule is CCN(CC(=O)Nc1ccccc1OC)C(=O)c1ccc(OC(C)C)cc1. The van der Waals surface area contributed by atoms with Gasteiger partial charge in [-0.3, -0.25) is 9.59 Å². The summed E-state index contributed by atoms with van der Waals surface area (Å²) in [5.41, 5.74) is 1.08. The van der Waals surface area contributed by atoms with Gasteiger partial charge in [0.15, 0.2) is 0 Å². The minimum absolute atomic E-state index is 0.0440. The van der Waals surface area contributed by atoms with Crippen LogP contribution in [0.3, 0.4) is 0 Å². The number of amides is 2. The molecule has 2 aromatic rings. The van der Waals surface area contributed by atoms with E-state index in [1.165, 1.54) is 4.90 Å². The van der Waals surface area contributed by atoms with Crippen LogP contribution >= 0.6 is 0 Å². The molecule has 0 saturated carbocycles. The molecule has 0 heterocycles. The molecule has 0 aromatic heterocycles. The lowest BCUT2D eigenvalue weighted by Crippen LogP contribution is -2.37. The molecule has 0 fully saturated rings. The molecule has 1 N–H and O–H groups in total. The molecule has 0 atom stereocenters. The Hall–Kier alpha value is -3.02. The van der Waals surface area contributed by atoms with Crippen LogP contribution in [0.15, 0.2) is 48.5 Å². The third-order valence-electron chi connectivity index (χ3n) is 3.86. The van der Waals surface area contributed by atoms with Crippen LogP contribution in [0, 0.1) is 0 Å². The zero-order chi connectivity index (χ0) is 19.8. The van der Waals surface area contributed by atoms with Gasteiger partial charge in [-0.05, 0) is 57.2 Å². The van der Waals surface area contributed by atoms with Gasteiger partial charge in [-0.15, -0.1) is 0 Å². The molecule has 0 aliphatic carbocycles. The largest absolute Gasteiger partial charge is 0.495 e. The van der Waals surface area contributed by atoms with Gasteiger partial charge < -0.3 is 19.7 Å². The van der Waals surface area contributed by atoms with Crippen molar-refractivity contribution >= 4 is 17.5 Å². The van der Waals surface area contributed by atoms with E-state index in [4.69, 9.17) is 9.47 Å². The maximum Gasteiger partial charge on any atom is 0.254 e. The van der Waals surface area contributed by atoms with Crippen molar-refractivity contribution in [3.05, 3.63) is 54.1 Å². The number of carbonyl (C=O) groups excluding carboxylic acids is 2. The molecule has 2 aromatic carbocycles. The van der Waals surface area contributed by atoms with Gasteiger partial charge >= 0.3 is 0 Å². The van der Waals surface area contributed by atoms with E-state index in [0.717, 1.165) is 0 Å². The Bertz CT molecular complexity index is 772. The summed E-state index contributed by atoms with van der Waals surface area (Å²) in [4.78, 5) is 26.6.